The van der Waals surface area contributed by atoms with Crippen LogP contribution >= 0.6 is 0 Å². The van der Waals surface area contributed by atoms with E-state index in [1.54, 1.807) is 5.32 Å². The third-order valence-corrected chi connectivity index (χ3v) is 3.05. The fourth-order valence-electron chi connectivity index (χ4n) is 1.88. The molecule has 8 nitrogen and oxygen atoms in total. The summed E-state index contributed by atoms with van der Waals surface area (Å²) in [6.07, 6.45) is -6.59. The molecule has 0 radical (unpaired) electrons. The molecule has 1 unspecified atom stereocenters. The number of methoxy groups -OCH3 is 1. The number of nitrogens with zero attached hydrogens (tertiary/aromatic N) is 1. The molecule has 0 fully saturated rings. The summed E-state index contributed by atoms with van der Waals surface area (Å²) in [5, 5.41) is 21.4. The first-order chi connectivity index (χ1) is 11.0. The van der Waals surface area contributed by atoms with Crippen molar-refractivity contribution in [2.45, 2.75) is 25.6 Å². The minimum absolute atomic E-state index is 0.0305. The molecule has 0 saturated carbocycles. The number of nitro benzene ring substituents is 1. The number of carbonyl (C=O) groups excluding carboxylic acids is 1. The van der Waals surface area contributed by atoms with Crippen molar-refractivity contribution in [3.05, 3.63) is 33.4 Å². The number of carboxylic acid groups (broad SMARTS) is 1. The van der Waals surface area contributed by atoms with E-state index in [0.29, 0.717) is 0 Å². The molecule has 0 aliphatic heterocycles. The Morgan fingerprint density at radius 2 is 2.00 bits per heavy atom. The molecule has 1 atom stereocenters. The normalized spacial score (nSPS) is 12.4. The maximum atomic E-state index is 12.3. The van der Waals surface area contributed by atoms with Gasteiger partial charge in [0.15, 0.2) is 0 Å². The number of hydrogen-bond donors (Lipinski definition) is 2. The maximum Gasteiger partial charge on any atom is 0.391 e. The summed E-state index contributed by atoms with van der Waals surface area (Å²) in [4.78, 5) is 33.0. The Labute approximate surface area is 133 Å². The van der Waals surface area contributed by atoms with Crippen molar-refractivity contribution in [2.75, 3.05) is 7.11 Å². The van der Waals surface area contributed by atoms with Gasteiger partial charge in [-0.25, -0.2) is 4.79 Å². The molecule has 1 aromatic rings. The van der Waals surface area contributed by atoms with Crippen molar-refractivity contribution in [3.8, 4) is 5.75 Å². The monoisotopic (exact) mass is 350 g/mol. The second-order valence-corrected chi connectivity index (χ2v) is 4.76. The van der Waals surface area contributed by atoms with Gasteiger partial charge in [-0.2, -0.15) is 13.2 Å². The fraction of sp³-hybridized carbons (Fsp3) is 0.385. The lowest BCUT2D eigenvalue weighted by atomic mass is 10.1. The zero-order valence-corrected chi connectivity index (χ0v) is 12.5. The first-order valence-corrected chi connectivity index (χ1v) is 6.39. The predicted molar refractivity (Wildman–Crippen MR) is 73.9 cm³/mol. The number of hydrogen-bond acceptors (Lipinski definition) is 5. The van der Waals surface area contributed by atoms with Gasteiger partial charge in [0, 0.05) is 11.6 Å². The SMILES string of the molecule is COc1cc(C(=O)NC(CC(F)(F)F)C(=O)O)cc([N+](=O)[O-])c1C. The van der Waals surface area contributed by atoms with Crippen molar-refractivity contribution in [2.24, 2.45) is 0 Å². The number of amides is 1. The molecule has 0 aromatic heterocycles. The molecule has 1 rings (SSSR count). The molecule has 1 aromatic carbocycles. The third kappa shape index (κ3) is 4.83. The molecule has 0 saturated heterocycles. The van der Waals surface area contributed by atoms with E-state index in [1.807, 2.05) is 0 Å². The van der Waals surface area contributed by atoms with Crippen LogP contribution in [-0.2, 0) is 4.79 Å². The van der Waals surface area contributed by atoms with Crippen LogP contribution in [0.25, 0.3) is 0 Å². The van der Waals surface area contributed by atoms with Gasteiger partial charge in [-0.15, -0.1) is 0 Å². The Morgan fingerprint density at radius 3 is 2.42 bits per heavy atom. The molecule has 2 N–H and O–H groups in total. The molecule has 24 heavy (non-hydrogen) atoms. The lowest BCUT2D eigenvalue weighted by molar-refractivity contribution is -0.385. The number of benzene rings is 1. The lowest BCUT2D eigenvalue weighted by Gasteiger charge is -2.16. The van der Waals surface area contributed by atoms with E-state index in [9.17, 15) is 32.9 Å². The van der Waals surface area contributed by atoms with E-state index in [0.717, 1.165) is 12.1 Å². The van der Waals surface area contributed by atoms with Crippen LogP contribution in [0, 0.1) is 17.0 Å². The van der Waals surface area contributed by atoms with Crippen molar-refractivity contribution in [1.29, 1.82) is 0 Å². The second kappa shape index (κ2) is 7.15. The number of carbonyl (C=O) groups is 2. The summed E-state index contributed by atoms with van der Waals surface area (Å²) in [5.74, 6) is -3.11. The second-order valence-electron chi connectivity index (χ2n) is 4.76. The number of rotatable bonds is 6. The zero-order chi connectivity index (χ0) is 18.7. The first-order valence-electron chi connectivity index (χ1n) is 6.39. The number of nitro groups is 1. The quantitative estimate of drug-likeness (QED) is 0.599. The summed E-state index contributed by atoms with van der Waals surface area (Å²) >= 11 is 0. The van der Waals surface area contributed by atoms with Crippen LogP contribution < -0.4 is 10.1 Å². The zero-order valence-electron chi connectivity index (χ0n) is 12.5. The topological polar surface area (TPSA) is 119 Å². The highest BCUT2D eigenvalue weighted by molar-refractivity contribution is 5.97. The molecule has 0 aliphatic rings. The van der Waals surface area contributed by atoms with E-state index < -0.39 is 46.7 Å². The van der Waals surface area contributed by atoms with Gasteiger partial charge in [0.1, 0.15) is 11.8 Å². The maximum absolute atomic E-state index is 12.3. The lowest BCUT2D eigenvalue weighted by Crippen LogP contribution is -2.43. The van der Waals surface area contributed by atoms with Crippen LogP contribution in [0.5, 0.6) is 5.75 Å². The minimum Gasteiger partial charge on any atom is -0.496 e. The van der Waals surface area contributed by atoms with Gasteiger partial charge < -0.3 is 15.2 Å². The van der Waals surface area contributed by atoms with Gasteiger partial charge in [0.2, 0.25) is 0 Å². The average Bonchev–Trinajstić information content (AvgIpc) is 2.44. The average molecular weight is 350 g/mol. The molecule has 0 bridgehead atoms. The van der Waals surface area contributed by atoms with Crippen molar-refractivity contribution in [1.82, 2.24) is 5.32 Å². The Kier molecular flexibility index (Phi) is 5.72. The predicted octanol–water partition coefficient (Wildman–Crippen LogP) is 2.05. The largest absolute Gasteiger partial charge is 0.496 e. The van der Waals surface area contributed by atoms with Crippen LogP contribution in [0.4, 0.5) is 18.9 Å². The molecule has 0 spiro atoms. The van der Waals surface area contributed by atoms with Crippen LogP contribution in [-0.4, -0.2) is 41.2 Å². The number of carboxylic acids is 1. The van der Waals surface area contributed by atoms with Gasteiger partial charge in [-0.1, -0.05) is 0 Å². The number of halogens is 3. The third-order valence-electron chi connectivity index (χ3n) is 3.05. The number of alkyl halides is 3. The van der Waals surface area contributed by atoms with Gasteiger partial charge >= 0.3 is 12.1 Å². The van der Waals surface area contributed by atoms with E-state index in [4.69, 9.17) is 9.84 Å². The van der Waals surface area contributed by atoms with Gasteiger partial charge in [0.25, 0.3) is 11.6 Å². The summed E-state index contributed by atoms with van der Waals surface area (Å²) in [6.45, 7) is 1.36. The highest BCUT2D eigenvalue weighted by Crippen LogP contribution is 2.29. The summed E-state index contributed by atoms with van der Waals surface area (Å²) < 4.78 is 41.9. The van der Waals surface area contributed by atoms with Crippen LogP contribution in [0.1, 0.15) is 22.3 Å². The number of aliphatic carboxylic acids is 1. The summed E-state index contributed by atoms with van der Waals surface area (Å²) in [5.41, 5.74) is -0.760. The number of ether oxygens (including phenoxy) is 1. The highest BCUT2D eigenvalue weighted by Gasteiger charge is 2.36. The Bertz CT molecular complexity index is 674. The fourth-order valence-corrected chi connectivity index (χ4v) is 1.88. The van der Waals surface area contributed by atoms with Crippen LogP contribution in [0.2, 0.25) is 0 Å². The van der Waals surface area contributed by atoms with Gasteiger partial charge in [-0.05, 0) is 13.0 Å². The molecule has 0 heterocycles. The Hall–Kier alpha value is -2.85. The van der Waals surface area contributed by atoms with Crippen molar-refractivity contribution in [3.63, 3.8) is 0 Å². The van der Waals surface area contributed by atoms with E-state index >= 15 is 0 Å². The van der Waals surface area contributed by atoms with E-state index in [1.165, 1.54) is 14.0 Å². The summed E-state index contributed by atoms with van der Waals surface area (Å²) in [6, 6.07) is -0.312. The molecular formula is C13H13F3N2O6. The smallest absolute Gasteiger partial charge is 0.391 e. The van der Waals surface area contributed by atoms with Gasteiger partial charge in [0.05, 0.1) is 24.0 Å². The van der Waals surface area contributed by atoms with E-state index in [2.05, 4.69) is 0 Å². The molecule has 1 amide bonds. The minimum atomic E-state index is -4.81. The standard InChI is InChI=1S/C13H13F3N2O6/c1-6-9(18(22)23)3-7(4-10(6)24-2)11(19)17-8(12(20)21)5-13(14,15)16/h3-4,8H,5H2,1-2H3,(H,17,19)(H,20,21). The summed E-state index contributed by atoms with van der Waals surface area (Å²) in [7, 11) is 1.19. The van der Waals surface area contributed by atoms with Crippen LogP contribution in [0.15, 0.2) is 12.1 Å². The number of nitrogens with one attached hydrogen (secondary N) is 1. The van der Waals surface area contributed by atoms with Gasteiger partial charge in [-0.3, -0.25) is 14.9 Å². The molecule has 11 heteroatoms. The highest BCUT2D eigenvalue weighted by atomic mass is 19.4. The Balaban J connectivity index is 3.16. The molecule has 132 valence electrons. The van der Waals surface area contributed by atoms with E-state index in [-0.39, 0.29) is 11.3 Å². The molecular weight excluding hydrogens is 337 g/mol. The first kappa shape index (κ1) is 19.2. The van der Waals surface area contributed by atoms with Crippen molar-refractivity contribution >= 4 is 17.6 Å². The Morgan fingerprint density at radius 1 is 1.42 bits per heavy atom. The van der Waals surface area contributed by atoms with Crippen molar-refractivity contribution < 1.29 is 37.5 Å². The van der Waals surface area contributed by atoms with Crippen LogP contribution in [0.3, 0.4) is 0 Å². The molecule has 0 aliphatic carbocycles.